The van der Waals surface area contributed by atoms with Crippen LogP contribution in [0.25, 0.3) is 0 Å². The molecule has 0 unspecified atom stereocenters. The van der Waals surface area contributed by atoms with Gasteiger partial charge in [0, 0.05) is 12.5 Å². The molecule has 0 aromatic heterocycles. The molecule has 1 aliphatic rings. The third-order valence-corrected chi connectivity index (χ3v) is 3.38. The van der Waals surface area contributed by atoms with Crippen LogP contribution in [0.1, 0.15) is 19.3 Å². The lowest BCUT2D eigenvalue weighted by molar-refractivity contribution is -0.117. The van der Waals surface area contributed by atoms with E-state index in [2.05, 4.69) is 10.6 Å². The number of benzene rings is 1. The number of piperidine rings is 1. The number of carbonyl (C=O) groups is 1. The number of halogens is 2. The fourth-order valence-corrected chi connectivity index (χ4v) is 2.28. The first-order valence-electron chi connectivity index (χ1n) is 6.53. The number of amides is 1. The molecule has 20 heavy (non-hydrogen) atoms. The van der Waals surface area contributed by atoms with Crippen molar-refractivity contribution < 1.29 is 13.9 Å². The first kappa shape index (κ1) is 16.7. The van der Waals surface area contributed by atoms with Crippen LogP contribution in [0.5, 0.6) is 5.75 Å². The Morgan fingerprint density at radius 2 is 2.15 bits per heavy atom. The Morgan fingerprint density at radius 1 is 1.45 bits per heavy atom. The largest absolute Gasteiger partial charge is 0.497 e. The highest BCUT2D eigenvalue weighted by Gasteiger charge is 2.17. The normalized spacial score (nSPS) is 15.3. The molecule has 0 radical (unpaired) electrons. The molecule has 2 N–H and O–H groups in total. The van der Waals surface area contributed by atoms with E-state index in [4.69, 9.17) is 4.74 Å². The van der Waals surface area contributed by atoms with Crippen LogP contribution < -0.4 is 15.4 Å². The maximum atomic E-state index is 13.6. The Labute approximate surface area is 124 Å². The Balaban J connectivity index is 0.00000200. The maximum absolute atomic E-state index is 13.6. The summed E-state index contributed by atoms with van der Waals surface area (Å²) in [6, 6.07) is 4.31. The van der Waals surface area contributed by atoms with Gasteiger partial charge in [-0.2, -0.15) is 0 Å². The van der Waals surface area contributed by atoms with Crippen LogP contribution >= 0.6 is 12.4 Å². The van der Waals surface area contributed by atoms with Crippen molar-refractivity contribution in [3.63, 3.8) is 0 Å². The molecule has 1 heterocycles. The van der Waals surface area contributed by atoms with E-state index in [9.17, 15) is 9.18 Å². The minimum Gasteiger partial charge on any atom is -0.497 e. The summed E-state index contributed by atoms with van der Waals surface area (Å²) in [5.41, 5.74) is 0.179. The van der Waals surface area contributed by atoms with Gasteiger partial charge in [-0.15, -0.1) is 12.4 Å². The van der Waals surface area contributed by atoms with Gasteiger partial charge in [0.2, 0.25) is 5.91 Å². The molecule has 0 aliphatic carbocycles. The molecule has 1 aromatic rings. The van der Waals surface area contributed by atoms with Crippen LogP contribution in [0.15, 0.2) is 18.2 Å². The van der Waals surface area contributed by atoms with E-state index >= 15 is 0 Å². The van der Waals surface area contributed by atoms with Crippen molar-refractivity contribution in [1.29, 1.82) is 0 Å². The van der Waals surface area contributed by atoms with Crippen molar-refractivity contribution in [3.8, 4) is 5.75 Å². The van der Waals surface area contributed by atoms with Crippen molar-refractivity contribution >= 4 is 24.0 Å². The zero-order valence-electron chi connectivity index (χ0n) is 11.4. The summed E-state index contributed by atoms with van der Waals surface area (Å²) in [4.78, 5) is 11.9. The summed E-state index contributed by atoms with van der Waals surface area (Å²) < 4.78 is 18.6. The van der Waals surface area contributed by atoms with Gasteiger partial charge in [-0.25, -0.2) is 4.39 Å². The van der Waals surface area contributed by atoms with Crippen molar-refractivity contribution in [2.75, 3.05) is 25.5 Å². The maximum Gasteiger partial charge on any atom is 0.224 e. The van der Waals surface area contributed by atoms with Crippen LogP contribution in [0.3, 0.4) is 0 Å². The van der Waals surface area contributed by atoms with E-state index < -0.39 is 5.82 Å². The number of ether oxygens (including phenoxy) is 1. The summed E-state index contributed by atoms with van der Waals surface area (Å²) in [5, 5.41) is 5.87. The molecule has 1 fully saturated rings. The second-order valence-corrected chi connectivity index (χ2v) is 4.79. The first-order valence-corrected chi connectivity index (χ1v) is 6.53. The van der Waals surface area contributed by atoms with E-state index in [1.165, 1.54) is 25.3 Å². The van der Waals surface area contributed by atoms with Gasteiger partial charge < -0.3 is 15.4 Å². The molecule has 0 spiro atoms. The van der Waals surface area contributed by atoms with Gasteiger partial charge in [0.05, 0.1) is 12.8 Å². The van der Waals surface area contributed by atoms with Crippen LogP contribution in [0, 0.1) is 11.7 Å². The second kappa shape index (κ2) is 8.07. The first-order chi connectivity index (χ1) is 9.19. The van der Waals surface area contributed by atoms with Gasteiger partial charge in [-0.05, 0) is 44.0 Å². The summed E-state index contributed by atoms with van der Waals surface area (Å²) in [6.45, 7) is 1.90. The van der Waals surface area contributed by atoms with E-state index in [0.717, 1.165) is 25.9 Å². The summed E-state index contributed by atoms with van der Waals surface area (Å²) in [6.07, 6.45) is 2.43. The molecule has 112 valence electrons. The van der Waals surface area contributed by atoms with Gasteiger partial charge in [0.1, 0.15) is 11.6 Å². The van der Waals surface area contributed by atoms with E-state index in [1.807, 2.05) is 0 Å². The topological polar surface area (TPSA) is 50.4 Å². The highest BCUT2D eigenvalue weighted by Crippen LogP contribution is 2.22. The molecule has 1 amide bonds. The fraction of sp³-hybridized carbons (Fsp3) is 0.500. The van der Waals surface area contributed by atoms with E-state index in [0.29, 0.717) is 18.1 Å². The average Bonchev–Trinajstić information content (AvgIpc) is 2.42. The van der Waals surface area contributed by atoms with Gasteiger partial charge >= 0.3 is 0 Å². The number of methoxy groups -OCH3 is 1. The molecule has 0 saturated carbocycles. The summed E-state index contributed by atoms with van der Waals surface area (Å²) >= 11 is 0. The lowest BCUT2D eigenvalue weighted by atomic mass is 9.94. The van der Waals surface area contributed by atoms with Gasteiger partial charge in [-0.1, -0.05) is 0 Å². The molecule has 1 saturated heterocycles. The molecule has 0 atom stereocenters. The van der Waals surface area contributed by atoms with Gasteiger partial charge in [0.25, 0.3) is 0 Å². The minimum atomic E-state index is -0.445. The Hall–Kier alpha value is -1.33. The van der Waals surface area contributed by atoms with E-state index in [1.54, 1.807) is 0 Å². The highest BCUT2D eigenvalue weighted by atomic mass is 35.5. The highest BCUT2D eigenvalue weighted by molar-refractivity contribution is 5.91. The number of hydrogen-bond acceptors (Lipinski definition) is 3. The van der Waals surface area contributed by atoms with E-state index in [-0.39, 0.29) is 24.0 Å². The van der Waals surface area contributed by atoms with Crippen molar-refractivity contribution in [2.45, 2.75) is 19.3 Å². The standard InChI is InChI=1S/C14H19FN2O2.ClH/c1-19-11-2-3-12(15)13(9-11)17-14(18)8-10-4-6-16-7-5-10;/h2-3,9-10,16H,4-8H2,1H3,(H,17,18);1H. The lowest BCUT2D eigenvalue weighted by Gasteiger charge is -2.22. The Bertz CT molecular complexity index is 451. The predicted molar refractivity (Wildman–Crippen MR) is 79.0 cm³/mol. The molecule has 4 nitrogen and oxygen atoms in total. The number of anilines is 1. The van der Waals surface area contributed by atoms with Crippen molar-refractivity contribution in [1.82, 2.24) is 5.32 Å². The van der Waals surface area contributed by atoms with Crippen molar-refractivity contribution in [3.05, 3.63) is 24.0 Å². The lowest BCUT2D eigenvalue weighted by Crippen LogP contribution is -2.30. The third kappa shape index (κ3) is 4.65. The number of carbonyl (C=O) groups excluding carboxylic acids is 1. The molecule has 2 rings (SSSR count). The van der Waals surface area contributed by atoms with Gasteiger partial charge in [0.15, 0.2) is 0 Å². The van der Waals surface area contributed by atoms with Crippen LogP contribution in [0.4, 0.5) is 10.1 Å². The predicted octanol–water partition coefficient (Wildman–Crippen LogP) is 2.58. The van der Waals surface area contributed by atoms with Crippen LogP contribution in [-0.2, 0) is 4.79 Å². The SMILES string of the molecule is COc1ccc(F)c(NC(=O)CC2CCNCC2)c1.Cl. The second-order valence-electron chi connectivity index (χ2n) is 4.79. The van der Waals surface area contributed by atoms with Gasteiger partial charge in [-0.3, -0.25) is 4.79 Å². The average molecular weight is 303 g/mol. The summed E-state index contributed by atoms with van der Waals surface area (Å²) in [5.74, 6) is 0.326. The molecular formula is C14H20ClFN2O2. The van der Waals surface area contributed by atoms with Crippen LogP contribution in [0.2, 0.25) is 0 Å². The zero-order chi connectivity index (χ0) is 13.7. The van der Waals surface area contributed by atoms with Crippen LogP contribution in [-0.4, -0.2) is 26.1 Å². The molecular weight excluding hydrogens is 283 g/mol. The monoisotopic (exact) mass is 302 g/mol. The molecule has 1 aromatic carbocycles. The quantitative estimate of drug-likeness (QED) is 0.899. The number of hydrogen-bond donors (Lipinski definition) is 2. The Kier molecular flexibility index (Phi) is 6.75. The number of rotatable bonds is 4. The summed E-state index contributed by atoms with van der Waals surface area (Å²) in [7, 11) is 1.51. The smallest absolute Gasteiger partial charge is 0.224 e. The molecule has 1 aliphatic heterocycles. The molecule has 0 bridgehead atoms. The third-order valence-electron chi connectivity index (χ3n) is 3.38. The fourth-order valence-electron chi connectivity index (χ4n) is 2.28. The number of nitrogens with one attached hydrogen (secondary N) is 2. The molecule has 6 heteroatoms. The minimum absolute atomic E-state index is 0. The Morgan fingerprint density at radius 3 is 2.80 bits per heavy atom. The zero-order valence-corrected chi connectivity index (χ0v) is 12.3. The van der Waals surface area contributed by atoms with Crippen molar-refractivity contribution in [2.24, 2.45) is 5.92 Å².